The molecule has 0 aliphatic carbocycles. The maximum absolute atomic E-state index is 10.5. The van der Waals surface area contributed by atoms with Crippen molar-refractivity contribution in [2.45, 2.75) is 13.3 Å². The van der Waals surface area contributed by atoms with Crippen molar-refractivity contribution in [1.29, 1.82) is 0 Å². The molecule has 13 heavy (non-hydrogen) atoms. The molecule has 1 rings (SSSR count). The van der Waals surface area contributed by atoms with Crippen LogP contribution in [0.25, 0.3) is 6.08 Å². The van der Waals surface area contributed by atoms with Crippen molar-refractivity contribution in [3.05, 3.63) is 28.5 Å². The summed E-state index contributed by atoms with van der Waals surface area (Å²) in [4.78, 5) is 10.5. The minimum atomic E-state index is 0.0314. The van der Waals surface area contributed by atoms with E-state index in [0.717, 1.165) is 13.0 Å². The second-order valence-electron chi connectivity index (χ2n) is 2.73. The van der Waals surface area contributed by atoms with Gasteiger partial charge in [-0.25, -0.2) is 0 Å². The fourth-order valence-corrected chi connectivity index (χ4v) is 1.55. The first-order valence-corrected chi connectivity index (χ1v) is 5.16. The SMILES string of the molecule is CC(=O)NCCC=Cc1ccsc1. The van der Waals surface area contributed by atoms with Crippen LogP contribution in [0.1, 0.15) is 18.9 Å². The van der Waals surface area contributed by atoms with Gasteiger partial charge in [0.25, 0.3) is 0 Å². The molecule has 0 saturated heterocycles. The Labute approximate surface area is 82.3 Å². The van der Waals surface area contributed by atoms with Gasteiger partial charge in [-0.3, -0.25) is 4.79 Å². The predicted octanol–water partition coefficient (Wildman–Crippen LogP) is 2.29. The van der Waals surface area contributed by atoms with E-state index in [1.165, 1.54) is 12.5 Å². The molecule has 1 heterocycles. The van der Waals surface area contributed by atoms with Crippen LogP contribution in [0.3, 0.4) is 0 Å². The van der Waals surface area contributed by atoms with Gasteiger partial charge in [-0.1, -0.05) is 12.2 Å². The van der Waals surface area contributed by atoms with Crippen molar-refractivity contribution in [3.8, 4) is 0 Å². The van der Waals surface area contributed by atoms with Crippen LogP contribution in [0.4, 0.5) is 0 Å². The number of hydrogen-bond acceptors (Lipinski definition) is 2. The Balaban J connectivity index is 2.16. The number of thiophene rings is 1. The topological polar surface area (TPSA) is 29.1 Å². The zero-order chi connectivity index (χ0) is 9.52. The highest BCUT2D eigenvalue weighted by Crippen LogP contribution is 2.07. The van der Waals surface area contributed by atoms with Crippen LogP contribution in [0.2, 0.25) is 0 Å². The summed E-state index contributed by atoms with van der Waals surface area (Å²) in [7, 11) is 0. The molecule has 0 bridgehead atoms. The van der Waals surface area contributed by atoms with E-state index in [-0.39, 0.29) is 5.91 Å². The van der Waals surface area contributed by atoms with Crippen LogP contribution in [-0.4, -0.2) is 12.5 Å². The third kappa shape index (κ3) is 4.48. The zero-order valence-corrected chi connectivity index (χ0v) is 8.43. The Morgan fingerprint density at radius 3 is 3.15 bits per heavy atom. The molecule has 0 aliphatic heterocycles. The second kappa shape index (κ2) is 5.54. The number of amides is 1. The lowest BCUT2D eigenvalue weighted by Gasteiger charge is -1.95. The Morgan fingerprint density at radius 2 is 2.54 bits per heavy atom. The van der Waals surface area contributed by atoms with Gasteiger partial charge < -0.3 is 5.32 Å². The fourth-order valence-electron chi connectivity index (χ4n) is 0.921. The summed E-state index contributed by atoms with van der Waals surface area (Å²) in [6.45, 7) is 2.25. The molecule has 1 amide bonds. The molecule has 0 aromatic carbocycles. The summed E-state index contributed by atoms with van der Waals surface area (Å²) in [6, 6.07) is 2.07. The minimum absolute atomic E-state index is 0.0314. The smallest absolute Gasteiger partial charge is 0.216 e. The maximum Gasteiger partial charge on any atom is 0.216 e. The second-order valence-corrected chi connectivity index (χ2v) is 3.51. The van der Waals surface area contributed by atoms with E-state index in [9.17, 15) is 4.79 Å². The summed E-state index contributed by atoms with van der Waals surface area (Å²) in [5, 5.41) is 6.88. The van der Waals surface area contributed by atoms with E-state index >= 15 is 0 Å². The van der Waals surface area contributed by atoms with Crippen LogP contribution in [0, 0.1) is 0 Å². The molecule has 1 N–H and O–H groups in total. The standard InChI is InChI=1S/C10H13NOS/c1-9(12)11-6-3-2-4-10-5-7-13-8-10/h2,4-5,7-8H,3,6H2,1H3,(H,11,12). The van der Waals surface area contributed by atoms with Crippen molar-refractivity contribution in [1.82, 2.24) is 5.32 Å². The van der Waals surface area contributed by atoms with E-state index in [4.69, 9.17) is 0 Å². The van der Waals surface area contributed by atoms with Crippen LogP contribution >= 0.6 is 11.3 Å². The highest BCUT2D eigenvalue weighted by Gasteiger charge is 1.87. The first kappa shape index (κ1) is 9.99. The minimum Gasteiger partial charge on any atom is -0.356 e. The first-order valence-electron chi connectivity index (χ1n) is 4.22. The Hall–Kier alpha value is -1.09. The van der Waals surface area contributed by atoms with E-state index in [1.807, 2.05) is 5.38 Å². The largest absolute Gasteiger partial charge is 0.356 e. The summed E-state index contributed by atoms with van der Waals surface area (Å²) in [6.07, 6.45) is 5.02. The predicted molar refractivity (Wildman–Crippen MR) is 56.7 cm³/mol. The molecule has 0 fully saturated rings. The van der Waals surface area contributed by atoms with Gasteiger partial charge >= 0.3 is 0 Å². The van der Waals surface area contributed by atoms with Gasteiger partial charge in [0.15, 0.2) is 0 Å². The van der Waals surface area contributed by atoms with Gasteiger partial charge in [0.1, 0.15) is 0 Å². The number of nitrogens with one attached hydrogen (secondary N) is 1. The molecule has 0 unspecified atom stereocenters. The molecule has 3 heteroatoms. The lowest BCUT2D eigenvalue weighted by molar-refractivity contribution is -0.118. The van der Waals surface area contributed by atoms with Crippen molar-refractivity contribution in [2.75, 3.05) is 6.54 Å². The monoisotopic (exact) mass is 195 g/mol. The molecule has 1 aromatic heterocycles. The van der Waals surface area contributed by atoms with Gasteiger partial charge in [-0.05, 0) is 28.8 Å². The van der Waals surface area contributed by atoms with Crippen LogP contribution in [-0.2, 0) is 4.79 Å². The summed E-state index contributed by atoms with van der Waals surface area (Å²) >= 11 is 1.69. The number of rotatable bonds is 4. The van der Waals surface area contributed by atoms with Gasteiger partial charge in [0.2, 0.25) is 5.91 Å². The number of carbonyl (C=O) groups is 1. The Morgan fingerprint density at radius 1 is 1.69 bits per heavy atom. The summed E-state index contributed by atoms with van der Waals surface area (Å²) in [5.74, 6) is 0.0314. The maximum atomic E-state index is 10.5. The molecule has 0 spiro atoms. The number of carbonyl (C=O) groups excluding carboxylic acids is 1. The molecule has 0 aliphatic rings. The fraction of sp³-hybridized carbons (Fsp3) is 0.300. The normalized spacial score (nSPS) is 10.5. The van der Waals surface area contributed by atoms with Gasteiger partial charge in [-0.2, -0.15) is 11.3 Å². The van der Waals surface area contributed by atoms with Crippen molar-refractivity contribution in [3.63, 3.8) is 0 Å². The summed E-state index contributed by atoms with van der Waals surface area (Å²) < 4.78 is 0. The van der Waals surface area contributed by atoms with Crippen LogP contribution < -0.4 is 5.32 Å². The molecule has 0 saturated carbocycles. The van der Waals surface area contributed by atoms with Crippen LogP contribution in [0.15, 0.2) is 22.9 Å². The molecule has 0 atom stereocenters. The van der Waals surface area contributed by atoms with Crippen molar-refractivity contribution >= 4 is 23.3 Å². The third-order valence-electron chi connectivity index (χ3n) is 1.54. The van der Waals surface area contributed by atoms with E-state index in [1.54, 1.807) is 11.3 Å². The Kier molecular flexibility index (Phi) is 4.26. The molecule has 0 radical (unpaired) electrons. The van der Waals surface area contributed by atoms with Gasteiger partial charge in [-0.15, -0.1) is 0 Å². The lowest BCUT2D eigenvalue weighted by atomic mass is 10.3. The van der Waals surface area contributed by atoms with E-state index < -0.39 is 0 Å². The average Bonchev–Trinajstić information content (AvgIpc) is 2.55. The molecule has 70 valence electrons. The van der Waals surface area contributed by atoms with Crippen LogP contribution in [0.5, 0.6) is 0 Å². The quantitative estimate of drug-likeness (QED) is 0.734. The zero-order valence-electron chi connectivity index (χ0n) is 7.62. The van der Waals surface area contributed by atoms with Gasteiger partial charge in [0, 0.05) is 13.5 Å². The Bertz CT molecular complexity index is 277. The lowest BCUT2D eigenvalue weighted by Crippen LogP contribution is -2.20. The number of hydrogen-bond donors (Lipinski definition) is 1. The highest BCUT2D eigenvalue weighted by atomic mass is 32.1. The van der Waals surface area contributed by atoms with E-state index in [2.05, 4.69) is 28.9 Å². The average molecular weight is 195 g/mol. The molecule has 1 aromatic rings. The first-order chi connectivity index (χ1) is 6.29. The van der Waals surface area contributed by atoms with Crippen molar-refractivity contribution < 1.29 is 4.79 Å². The molecular formula is C10H13NOS. The van der Waals surface area contributed by atoms with Gasteiger partial charge in [0.05, 0.1) is 0 Å². The van der Waals surface area contributed by atoms with Crippen molar-refractivity contribution in [2.24, 2.45) is 0 Å². The molecule has 2 nitrogen and oxygen atoms in total. The highest BCUT2D eigenvalue weighted by molar-refractivity contribution is 7.08. The third-order valence-corrected chi connectivity index (χ3v) is 2.24. The molecular weight excluding hydrogens is 182 g/mol. The van der Waals surface area contributed by atoms with E-state index in [0.29, 0.717) is 0 Å². The summed E-state index contributed by atoms with van der Waals surface area (Å²) in [5.41, 5.74) is 1.23.